The Morgan fingerprint density at radius 2 is 2.14 bits per heavy atom. The molecule has 0 bridgehead atoms. The van der Waals surface area contributed by atoms with Gasteiger partial charge in [-0.2, -0.15) is 11.8 Å². The molecule has 1 saturated carbocycles. The molecule has 1 aliphatic carbocycles. The van der Waals surface area contributed by atoms with E-state index in [1.54, 1.807) is 11.8 Å². The number of nitrogens with two attached hydrogens (primary N) is 1. The first-order chi connectivity index (χ1) is 6.83. The second kappa shape index (κ2) is 7.12. The van der Waals surface area contributed by atoms with Gasteiger partial charge in [0.25, 0.3) is 0 Å². The summed E-state index contributed by atoms with van der Waals surface area (Å²) < 4.78 is 0. The number of rotatable bonds is 6. The lowest BCUT2D eigenvalue weighted by molar-refractivity contribution is -0.119. The van der Waals surface area contributed by atoms with Crippen molar-refractivity contribution in [1.82, 2.24) is 5.32 Å². The van der Waals surface area contributed by atoms with Gasteiger partial charge in [-0.05, 0) is 31.6 Å². The standard InChI is InChI=1S/C10H20N2OS/c11-6-3-7-14-8-10(13)12-9-4-1-2-5-9/h9H,1-8,11H2,(H,12,13). The van der Waals surface area contributed by atoms with Gasteiger partial charge in [0.05, 0.1) is 5.75 Å². The summed E-state index contributed by atoms with van der Waals surface area (Å²) in [6.45, 7) is 0.719. The quantitative estimate of drug-likeness (QED) is 0.654. The fraction of sp³-hybridized carbons (Fsp3) is 0.900. The highest BCUT2D eigenvalue weighted by Crippen LogP contribution is 2.17. The third-order valence-electron chi connectivity index (χ3n) is 2.45. The van der Waals surface area contributed by atoms with Crippen molar-refractivity contribution in [2.45, 2.75) is 38.1 Å². The number of carbonyl (C=O) groups is 1. The molecular formula is C10H20N2OS. The molecule has 0 atom stereocenters. The highest BCUT2D eigenvalue weighted by atomic mass is 32.2. The minimum atomic E-state index is 0.193. The van der Waals surface area contributed by atoms with Crippen molar-refractivity contribution in [2.75, 3.05) is 18.1 Å². The molecular weight excluding hydrogens is 196 g/mol. The molecule has 3 N–H and O–H groups in total. The minimum absolute atomic E-state index is 0.193. The summed E-state index contributed by atoms with van der Waals surface area (Å²) in [5.41, 5.74) is 5.36. The zero-order valence-electron chi connectivity index (χ0n) is 8.63. The number of hydrogen-bond acceptors (Lipinski definition) is 3. The molecule has 0 aromatic carbocycles. The van der Waals surface area contributed by atoms with Gasteiger partial charge in [0, 0.05) is 6.04 Å². The van der Waals surface area contributed by atoms with Crippen LogP contribution in [0.1, 0.15) is 32.1 Å². The number of amides is 1. The minimum Gasteiger partial charge on any atom is -0.353 e. The van der Waals surface area contributed by atoms with Crippen molar-refractivity contribution in [2.24, 2.45) is 5.73 Å². The predicted octanol–water partition coefficient (Wildman–Crippen LogP) is 1.13. The first-order valence-corrected chi connectivity index (χ1v) is 6.55. The Morgan fingerprint density at radius 3 is 2.79 bits per heavy atom. The van der Waals surface area contributed by atoms with Gasteiger partial charge in [0.1, 0.15) is 0 Å². The van der Waals surface area contributed by atoms with E-state index in [1.165, 1.54) is 25.7 Å². The van der Waals surface area contributed by atoms with E-state index in [4.69, 9.17) is 5.73 Å². The maximum atomic E-state index is 11.4. The predicted molar refractivity (Wildman–Crippen MR) is 61.4 cm³/mol. The smallest absolute Gasteiger partial charge is 0.230 e. The molecule has 0 aromatic heterocycles. The summed E-state index contributed by atoms with van der Waals surface area (Å²) in [7, 11) is 0. The Balaban J connectivity index is 1.98. The van der Waals surface area contributed by atoms with Crippen molar-refractivity contribution >= 4 is 17.7 Å². The number of thioether (sulfide) groups is 1. The zero-order valence-corrected chi connectivity index (χ0v) is 9.44. The van der Waals surface area contributed by atoms with E-state index in [2.05, 4.69) is 5.32 Å². The van der Waals surface area contributed by atoms with Crippen LogP contribution in [0.3, 0.4) is 0 Å². The van der Waals surface area contributed by atoms with Gasteiger partial charge in [-0.3, -0.25) is 4.79 Å². The summed E-state index contributed by atoms with van der Waals surface area (Å²) in [5.74, 6) is 1.78. The molecule has 1 amide bonds. The SMILES string of the molecule is NCCCSCC(=O)NC1CCCC1. The topological polar surface area (TPSA) is 55.1 Å². The molecule has 0 saturated heterocycles. The third kappa shape index (κ3) is 4.86. The van der Waals surface area contributed by atoms with E-state index in [1.807, 2.05) is 0 Å². The van der Waals surface area contributed by atoms with E-state index < -0.39 is 0 Å². The highest BCUT2D eigenvalue weighted by molar-refractivity contribution is 7.99. The number of nitrogens with one attached hydrogen (secondary N) is 1. The van der Waals surface area contributed by atoms with Crippen LogP contribution >= 0.6 is 11.8 Å². The lowest BCUT2D eigenvalue weighted by atomic mass is 10.2. The highest BCUT2D eigenvalue weighted by Gasteiger charge is 2.16. The molecule has 3 nitrogen and oxygen atoms in total. The fourth-order valence-corrected chi connectivity index (χ4v) is 2.47. The van der Waals surface area contributed by atoms with Crippen LogP contribution in [-0.2, 0) is 4.79 Å². The Morgan fingerprint density at radius 1 is 1.43 bits per heavy atom. The Labute approximate surface area is 90.2 Å². The maximum Gasteiger partial charge on any atom is 0.230 e. The zero-order chi connectivity index (χ0) is 10.2. The summed E-state index contributed by atoms with van der Waals surface area (Å²) in [5, 5.41) is 3.06. The van der Waals surface area contributed by atoms with E-state index >= 15 is 0 Å². The first-order valence-electron chi connectivity index (χ1n) is 5.40. The summed E-state index contributed by atoms with van der Waals surface area (Å²) in [6, 6.07) is 0.456. The van der Waals surface area contributed by atoms with Crippen LogP contribution in [0.15, 0.2) is 0 Å². The lowest BCUT2D eigenvalue weighted by Crippen LogP contribution is -2.33. The molecule has 4 heteroatoms. The average molecular weight is 216 g/mol. The second-order valence-corrected chi connectivity index (χ2v) is 4.85. The van der Waals surface area contributed by atoms with Crippen molar-refractivity contribution < 1.29 is 4.79 Å². The molecule has 14 heavy (non-hydrogen) atoms. The summed E-state index contributed by atoms with van der Waals surface area (Å²) in [4.78, 5) is 11.4. The van der Waals surface area contributed by atoms with Crippen LogP contribution in [0.25, 0.3) is 0 Å². The van der Waals surface area contributed by atoms with Gasteiger partial charge >= 0.3 is 0 Å². The van der Waals surface area contributed by atoms with Gasteiger partial charge in [-0.1, -0.05) is 12.8 Å². The molecule has 0 aliphatic heterocycles. The molecule has 1 rings (SSSR count). The van der Waals surface area contributed by atoms with Crippen LogP contribution in [-0.4, -0.2) is 30.0 Å². The van der Waals surface area contributed by atoms with Crippen LogP contribution in [0.5, 0.6) is 0 Å². The van der Waals surface area contributed by atoms with Crippen LogP contribution in [0.4, 0.5) is 0 Å². The molecule has 1 fully saturated rings. The van der Waals surface area contributed by atoms with Crippen molar-refractivity contribution in [3.05, 3.63) is 0 Å². The Hall–Kier alpha value is -0.220. The Kier molecular flexibility index (Phi) is 6.03. The van der Waals surface area contributed by atoms with Crippen LogP contribution in [0, 0.1) is 0 Å². The number of hydrogen-bond donors (Lipinski definition) is 2. The second-order valence-electron chi connectivity index (χ2n) is 3.74. The van der Waals surface area contributed by atoms with Crippen molar-refractivity contribution in [1.29, 1.82) is 0 Å². The average Bonchev–Trinajstić information content (AvgIpc) is 2.65. The van der Waals surface area contributed by atoms with Crippen LogP contribution < -0.4 is 11.1 Å². The summed E-state index contributed by atoms with van der Waals surface area (Å²) in [6.07, 6.45) is 5.87. The van der Waals surface area contributed by atoms with E-state index in [-0.39, 0.29) is 5.91 Å². The summed E-state index contributed by atoms with van der Waals surface area (Å²) >= 11 is 1.68. The number of carbonyl (C=O) groups excluding carboxylic acids is 1. The van der Waals surface area contributed by atoms with Gasteiger partial charge in [0.2, 0.25) is 5.91 Å². The van der Waals surface area contributed by atoms with Gasteiger partial charge < -0.3 is 11.1 Å². The van der Waals surface area contributed by atoms with Gasteiger partial charge in [-0.15, -0.1) is 0 Å². The monoisotopic (exact) mass is 216 g/mol. The largest absolute Gasteiger partial charge is 0.353 e. The maximum absolute atomic E-state index is 11.4. The molecule has 0 unspecified atom stereocenters. The van der Waals surface area contributed by atoms with Crippen molar-refractivity contribution in [3.63, 3.8) is 0 Å². The van der Waals surface area contributed by atoms with Crippen LogP contribution in [0.2, 0.25) is 0 Å². The molecule has 0 radical (unpaired) electrons. The van der Waals surface area contributed by atoms with Gasteiger partial charge in [0.15, 0.2) is 0 Å². The molecule has 0 spiro atoms. The molecule has 0 aromatic rings. The normalized spacial score (nSPS) is 17.2. The Bertz CT molecular complexity index is 170. The van der Waals surface area contributed by atoms with Gasteiger partial charge in [-0.25, -0.2) is 0 Å². The first kappa shape index (κ1) is 11.9. The third-order valence-corrected chi connectivity index (χ3v) is 3.49. The van der Waals surface area contributed by atoms with E-state index in [0.29, 0.717) is 11.8 Å². The fourth-order valence-electron chi connectivity index (χ4n) is 1.69. The van der Waals surface area contributed by atoms with E-state index in [9.17, 15) is 4.79 Å². The molecule has 0 heterocycles. The van der Waals surface area contributed by atoms with E-state index in [0.717, 1.165) is 18.7 Å². The molecule has 1 aliphatic rings. The lowest BCUT2D eigenvalue weighted by Gasteiger charge is -2.11. The molecule has 82 valence electrons. The van der Waals surface area contributed by atoms with Crippen molar-refractivity contribution in [3.8, 4) is 0 Å².